The highest BCUT2D eigenvalue weighted by Gasteiger charge is 2.18. The number of hydrogen-bond acceptors (Lipinski definition) is 4. The molecule has 1 heterocycles. The molecule has 6 heteroatoms. The van der Waals surface area contributed by atoms with Crippen LogP contribution in [-0.4, -0.2) is 10.5 Å². The summed E-state index contributed by atoms with van der Waals surface area (Å²) in [4.78, 5) is 12.9. The van der Waals surface area contributed by atoms with Crippen LogP contribution in [0, 0.1) is 10.9 Å². The molecule has 1 aromatic heterocycles. The normalized spacial score (nSPS) is 10.5. The highest BCUT2D eigenvalue weighted by Crippen LogP contribution is 2.27. The van der Waals surface area contributed by atoms with Gasteiger partial charge in [0.2, 0.25) is 0 Å². The third-order valence-corrected chi connectivity index (χ3v) is 4.73. The number of nitrogens with one attached hydrogen (secondary N) is 1. The first kappa shape index (κ1) is 15.5. The first-order chi connectivity index (χ1) is 11.1. The Balaban J connectivity index is 1.95. The van der Waals surface area contributed by atoms with Crippen LogP contribution in [0.25, 0.3) is 5.69 Å². The Morgan fingerprint density at radius 3 is 2.61 bits per heavy atom. The molecule has 3 rings (SSSR count). The average molecular weight is 341 g/mol. The van der Waals surface area contributed by atoms with Gasteiger partial charge in [0.1, 0.15) is 10.7 Å². The number of nitrogen functional groups attached to an aromatic ring is 1. The van der Waals surface area contributed by atoms with E-state index in [0.29, 0.717) is 14.6 Å². The van der Waals surface area contributed by atoms with Gasteiger partial charge in [0.25, 0.3) is 5.91 Å². The van der Waals surface area contributed by atoms with Gasteiger partial charge in [-0.3, -0.25) is 9.36 Å². The molecule has 4 nitrogen and oxygen atoms in total. The highest BCUT2D eigenvalue weighted by atomic mass is 32.1. The number of amides is 1. The molecule has 23 heavy (non-hydrogen) atoms. The minimum atomic E-state index is -0.251. The molecule has 0 unspecified atom stereocenters. The summed E-state index contributed by atoms with van der Waals surface area (Å²) in [7, 11) is 0. The van der Waals surface area contributed by atoms with E-state index < -0.39 is 0 Å². The molecule has 0 bridgehead atoms. The van der Waals surface area contributed by atoms with Crippen LogP contribution in [-0.2, 0) is 0 Å². The SMILES string of the molecule is Cc1cccc(NC(=O)c2sc(=S)n(-c3ccccc3)c2N)c1. The second-order valence-electron chi connectivity index (χ2n) is 5.08. The van der Waals surface area contributed by atoms with Crippen molar-refractivity contribution in [2.75, 3.05) is 11.1 Å². The number of carbonyl (C=O) groups excluding carboxylic acids is 1. The minimum absolute atomic E-state index is 0.251. The molecular weight excluding hydrogens is 326 g/mol. The Morgan fingerprint density at radius 2 is 1.91 bits per heavy atom. The van der Waals surface area contributed by atoms with Gasteiger partial charge in [-0.2, -0.15) is 0 Å². The number of benzene rings is 2. The molecule has 3 N–H and O–H groups in total. The van der Waals surface area contributed by atoms with Gasteiger partial charge in [-0.05, 0) is 49.0 Å². The summed E-state index contributed by atoms with van der Waals surface area (Å²) in [6, 6.07) is 17.1. The molecule has 0 atom stereocenters. The van der Waals surface area contributed by atoms with E-state index in [0.717, 1.165) is 16.9 Å². The van der Waals surface area contributed by atoms with Crippen molar-refractivity contribution in [1.29, 1.82) is 0 Å². The Labute approximate surface area is 143 Å². The lowest BCUT2D eigenvalue weighted by atomic mass is 10.2. The second kappa shape index (κ2) is 6.36. The van der Waals surface area contributed by atoms with Crippen molar-refractivity contribution in [2.45, 2.75) is 6.92 Å². The lowest BCUT2D eigenvalue weighted by Gasteiger charge is -2.07. The van der Waals surface area contributed by atoms with Crippen LogP contribution in [0.2, 0.25) is 0 Å². The van der Waals surface area contributed by atoms with E-state index in [9.17, 15) is 4.79 Å². The van der Waals surface area contributed by atoms with E-state index in [-0.39, 0.29) is 5.91 Å². The first-order valence-corrected chi connectivity index (χ1v) is 8.23. The number of para-hydroxylation sites is 1. The van der Waals surface area contributed by atoms with E-state index in [1.165, 1.54) is 11.3 Å². The molecular formula is C17H15N3OS2. The molecule has 0 saturated carbocycles. The van der Waals surface area contributed by atoms with Crippen molar-refractivity contribution in [3.63, 3.8) is 0 Å². The lowest BCUT2D eigenvalue weighted by molar-refractivity contribution is 0.103. The number of nitrogens with two attached hydrogens (primary N) is 1. The van der Waals surface area contributed by atoms with Gasteiger partial charge in [0, 0.05) is 11.4 Å². The van der Waals surface area contributed by atoms with Crippen LogP contribution >= 0.6 is 23.6 Å². The van der Waals surface area contributed by atoms with Crippen LogP contribution < -0.4 is 11.1 Å². The van der Waals surface area contributed by atoms with E-state index in [4.69, 9.17) is 18.0 Å². The Morgan fingerprint density at radius 1 is 1.17 bits per heavy atom. The Bertz CT molecular complexity index is 913. The highest BCUT2D eigenvalue weighted by molar-refractivity contribution is 7.73. The van der Waals surface area contributed by atoms with Crippen molar-refractivity contribution in [2.24, 2.45) is 0 Å². The van der Waals surface area contributed by atoms with Crippen molar-refractivity contribution in [1.82, 2.24) is 4.57 Å². The number of carbonyl (C=O) groups is 1. The van der Waals surface area contributed by atoms with Gasteiger partial charge < -0.3 is 11.1 Å². The molecule has 0 aliphatic carbocycles. The summed E-state index contributed by atoms with van der Waals surface area (Å²) in [5.74, 6) is 0.107. The molecule has 0 aliphatic heterocycles. The molecule has 116 valence electrons. The number of rotatable bonds is 3. The Hall–Kier alpha value is -2.44. The quantitative estimate of drug-likeness (QED) is 0.694. The number of nitrogens with zero attached hydrogens (tertiary/aromatic N) is 1. The van der Waals surface area contributed by atoms with Crippen LogP contribution in [0.5, 0.6) is 0 Å². The monoisotopic (exact) mass is 341 g/mol. The third kappa shape index (κ3) is 3.18. The Kier molecular flexibility index (Phi) is 4.27. The molecule has 0 fully saturated rings. The van der Waals surface area contributed by atoms with Gasteiger partial charge in [-0.25, -0.2) is 0 Å². The zero-order valence-corrected chi connectivity index (χ0v) is 14.1. The molecule has 0 radical (unpaired) electrons. The fourth-order valence-electron chi connectivity index (χ4n) is 2.28. The van der Waals surface area contributed by atoms with Crippen molar-refractivity contribution < 1.29 is 4.79 Å². The van der Waals surface area contributed by atoms with Crippen LogP contribution in [0.15, 0.2) is 54.6 Å². The zero-order valence-electron chi connectivity index (χ0n) is 12.4. The molecule has 3 aromatic rings. The number of aryl methyl sites for hydroxylation is 1. The standard InChI is InChI=1S/C17H15N3OS2/c1-11-6-5-7-12(10-11)19-16(21)14-15(18)20(17(22)23-14)13-8-3-2-4-9-13/h2-10H,18H2,1H3,(H,19,21). The molecule has 0 saturated heterocycles. The summed E-state index contributed by atoms with van der Waals surface area (Å²) >= 11 is 6.58. The molecule has 0 aliphatic rings. The first-order valence-electron chi connectivity index (χ1n) is 7.01. The van der Waals surface area contributed by atoms with Crippen molar-refractivity contribution in [3.8, 4) is 5.69 Å². The predicted molar refractivity (Wildman–Crippen MR) is 98.0 cm³/mol. The van der Waals surface area contributed by atoms with E-state index >= 15 is 0 Å². The van der Waals surface area contributed by atoms with Gasteiger partial charge in [0.05, 0.1) is 0 Å². The van der Waals surface area contributed by atoms with Gasteiger partial charge in [-0.1, -0.05) is 41.7 Å². The third-order valence-electron chi connectivity index (χ3n) is 3.34. The van der Waals surface area contributed by atoms with Crippen LogP contribution in [0.3, 0.4) is 0 Å². The van der Waals surface area contributed by atoms with Gasteiger partial charge in [-0.15, -0.1) is 0 Å². The van der Waals surface area contributed by atoms with Crippen molar-refractivity contribution in [3.05, 3.63) is 69.0 Å². The van der Waals surface area contributed by atoms with E-state index in [2.05, 4.69) is 5.32 Å². The largest absolute Gasteiger partial charge is 0.383 e. The van der Waals surface area contributed by atoms with E-state index in [1.807, 2.05) is 61.5 Å². The maximum Gasteiger partial charge on any atom is 0.269 e. The van der Waals surface area contributed by atoms with Crippen molar-refractivity contribution >= 4 is 41.0 Å². The number of aromatic nitrogens is 1. The fourth-order valence-corrected chi connectivity index (χ4v) is 3.54. The summed E-state index contributed by atoms with van der Waals surface area (Å²) in [5, 5.41) is 2.86. The van der Waals surface area contributed by atoms with Gasteiger partial charge >= 0.3 is 0 Å². The number of hydrogen-bond donors (Lipinski definition) is 2. The zero-order chi connectivity index (χ0) is 16.4. The maximum atomic E-state index is 12.5. The average Bonchev–Trinajstić information content (AvgIpc) is 2.83. The number of anilines is 2. The topological polar surface area (TPSA) is 60.0 Å². The molecule has 0 spiro atoms. The molecule has 1 amide bonds. The summed E-state index contributed by atoms with van der Waals surface area (Å²) in [6.45, 7) is 1.97. The second-order valence-corrected chi connectivity index (χ2v) is 6.72. The lowest BCUT2D eigenvalue weighted by Crippen LogP contribution is -2.13. The number of thiazole rings is 1. The summed E-state index contributed by atoms with van der Waals surface area (Å²) in [5.41, 5.74) is 8.82. The summed E-state index contributed by atoms with van der Waals surface area (Å²) in [6.07, 6.45) is 0. The summed E-state index contributed by atoms with van der Waals surface area (Å²) < 4.78 is 2.26. The minimum Gasteiger partial charge on any atom is -0.383 e. The van der Waals surface area contributed by atoms with Crippen LogP contribution in [0.1, 0.15) is 15.2 Å². The van der Waals surface area contributed by atoms with Crippen LogP contribution in [0.4, 0.5) is 11.5 Å². The predicted octanol–water partition coefficient (Wildman–Crippen LogP) is 4.41. The van der Waals surface area contributed by atoms with Gasteiger partial charge in [0.15, 0.2) is 3.95 Å². The maximum absolute atomic E-state index is 12.5. The smallest absolute Gasteiger partial charge is 0.269 e. The molecule has 2 aromatic carbocycles. The van der Waals surface area contributed by atoms with E-state index in [1.54, 1.807) is 4.57 Å². The fraction of sp³-hybridized carbons (Fsp3) is 0.0588.